The van der Waals surface area contributed by atoms with Gasteiger partial charge in [0.25, 0.3) is 0 Å². The Balaban J connectivity index is 1.31. The van der Waals surface area contributed by atoms with Crippen molar-refractivity contribution in [3.63, 3.8) is 0 Å². The summed E-state index contributed by atoms with van der Waals surface area (Å²) in [5.41, 5.74) is 2.97. The van der Waals surface area contributed by atoms with Crippen LogP contribution in [0.4, 0.5) is 0 Å². The molecule has 0 N–H and O–H groups in total. The zero-order chi connectivity index (χ0) is 27.8. The van der Waals surface area contributed by atoms with Gasteiger partial charge in [0.1, 0.15) is 35.4 Å². The summed E-state index contributed by atoms with van der Waals surface area (Å²) in [5.74, 6) is 2.87. The van der Waals surface area contributed by atoms with E-state index in [0.29, 0.717) is 37.1 Å². The third kappa shape index (κ3) is 4.32. The molecule has 0 aromatic carbocycles. The molecule has 6 rings (SSSR count). The van der Waals surface area contributed by atoms with Gasteiger partial charge in [-0.2, -0.15) is 21.0 Å². The lowest BCUT2D eigenvalue weighted by Gasteiger charge is -2.22. The Morgan fingerprint density at radius 1 is 0.825 bits per heavy atom. The van der Waals surface area contributed by atoms with Gasteiger partial charge in [-0.05, 0) is 42.5 Å². The lowest BCUT2D eigenvalue weighted by molar-refractivity contribution is 0.529. The summed E-state index contributed by atoms with van der Waals surface area (Å²) in [4.78, 5) is 10.2. The molecule has 0 saturated carbocycles. The zero-order valence-corrected chi connectivity index (χ0v) is 22.4. The van der Waals surface area contributed by atoms with E-state index in [1.165, 1.54) is 34.8 Å². The van der Waals surface area contributed by atoms with E-state index >= 15 is 0 Å². The second kappa shape index (κ2) is 10.0. The molecule has 5 aromatic rings. The minimum Gasteiger partial charge on any atom is -0.452 e. The van der Waals surface area contributed by atoms with Gasteiger partial charge in [-0.25, -0.2) is 9.97 Å². The normalized spacial score (nSPS) is 13.2. The first-order valence-electron chi connectivity index (χ1n) is 11.9. The van der Waals surface area contributed by atoms with Gasteiger partial charge in [0.05, 0.1) is 11.4 Å². The second-order valence-electron chi connectivity index (χ2n) is 8.87. The van der Waals surface area contributed by atoms with Crippen LogP contribution in [0.25, 0.3) is 56.6 Å². The maximum absolute atomic E-state index is 9.03. The average Bonchev–Trinajstić information content (AvgIpc) is 3.79. The quantitative estimate of drug-likeness (QED) is 0.205. The summed E-state index contributed by atoms with van der Waals surface area (Å²) in [6, 6.07) is 17.2. The third-order valence-corrected chi connectivity index (χ3v) is 8.26. The third-order valence-electron chi connectivity index (χ3n) is 6.34. The molecule has 1 aliphatic heterocycles. The van der Waals surface area contributed by atoms with Crippen molar-refractivity contribution in [2.24, 2.45) is 0 Å². The number of rotatable bonds is 5. The molecule has 0 saturated heterocycles. The first kappa shape index (κ1) is 24.9. The van der Waals surface area contributed by atoms with Gasteiger partial charge in [0, 0.05) is 40.2 Å². The highest BCUT2D eigenvalue weighted by Crippen LogP contribution is 2.44. The monoisotopic (exact) mass is 557 g/mol. The summed E-state index contributed by atoms with van der Waals surface area (Å²) in [5, 5.41) is 37.4. The number of nitriles is 4. The molecule has 5 aromatic heterocycles. The van der Waals surface area contributed by atoms with E-state index in [1.54, 1.807) is 12.4 Å². The van der Waals surface area contributed by atoms with E-state index in [0.717, 1.165) is 29.3 Å². The maximum atomic E-state index is 9.03. The summed E-state index contributed by atoms with van der Waals surface area (Å²) >= 11 is 2.69. The van der Waals surface area contributed by atoms with Crippen LogP contribution in [0.1, 0.15) is 28.2 Å². The first-order chi connectivity index (χ1) is 19.5. The molecule has 0 fully saturated rings. The van der Waals surface area contributed by atoms with Crippen molar-refractivity contribution in [2.75, 3.05) is 0 Å². The molecule has 1 aliphatic rings. The van der Waals surface area contributed by atoms with Crippen molar-refractivity contribution in [3.8, 4) is 68.7 Å². The number of hydrogen-bond donors (Lipinski definition) is 0. The number of hydrogen-bond acceptors (Lipinski definition) is 10. The van der Waals surface area contributed by atoms with E-state index in [2.05, 4.69) is 21.5 Å². The number of fused-ring (bicyclic) bond motifs is 3. The van der Waals surface area contributed by atoms with Crippen LogP contribution in [-0.4, -0.2) is 14.5 Å². The SMILES string of the molecule is CC1Cn2c(-c3ccc(-c4ncc(C=C(C#N)C#N)s4)o3)ccc2-c2oc(-c3ncc(C=C(C#N)C#N)s3)cc21. The predicted octanol–water partition coefficient (Wildman–Crippen LogP) is 7.23. The average molecular weight is 558 g/mol. The number of nitrogens with zero attached hydrogens (tertiary/aromatic N) is 7. The standard InChI is InChI=1S/C29H15N7O2S2/c1-16-15-36-22(24-4-5-25(37-24)28-34-13-19(39-28)6-17(9-30)10-31)2-3-23(36)27-21(16)8-26(38-27)29-35-14-20(40-29)7-18(11-32)12-33/h2-8,13-14,16H,15H2,1H3. The molecule has 0 bridgehead atoms. The Morgan fingerprint density at radius 3 is 2.02 bits per heavy atom. The largest absolute Gasteiger partial charge is 0.452 e. The fraction of sp³-hybridized carbons (Fsp3) is 0.103. The highest BCUT2D eigenvalue weighted by molar-refractivity contribution is 7.16. The highest BCUT2D eigenvalue weighted by atomic mass is 32.1. The Hall–Kier alpha value is -5.46. The Labute approximate surface area is 236 Å². The molecule has 1 unspecified atom stereocenters. The van der Waals surface area contributed by atoms with Crippen molar-refractivity contribution in [1.82, 2.24) is 14.5 Å². The second-order valence-corrected chi connectivity index (χ2v) is 11.0. The molecule has 40 heavy (non-hydrogen) atoms. The number of furan rings is 2. The molecule has 6 heterocycles. The number of allylic oxidation sites excluding steroid dienone is 2. The van der Waals surface area contributed by atoms with E-state index in [-0.39, 0.29) is 17.1 Å². The van der Waals surface area contributed by atoms with E-state index in [4.69, 9.17) is 29.9 Å². The molecule has 0 radical (unpaired) electrons. The van der Waals surface area contributed by atoms with Gasteiger partial charge in [0.2, 0.25) is 0 Å². The lowest BCUT2D eigenvalue weighted by atomic mass is 9.96. The van der Waals surface area contributed by atoms with Gasteiger partial charge >= 0.3 is 0 Å². The molecule has 9 nitrogen and oxygen atoms in total. The Bertz CT molecular complexity index is 1970. The molecular formula is C29H15N7O2S2. The molecule has 190 valence electrons. The van der Waals surface area contributed by atoms with Gasteiger partial charge < -0.3 is 13.4 Å². The highest BCUT2D eigenvalue weighted by Gasteiger charge is 2.29. The van der Waals surface area contributed by atoms with Crippen molar-refractivity contribution < 1.29 is 8.83 Å². The lowest BCUT2D eigenvalue weighted by Crippen LogP contribution is -2.13. The van der Waals surface area contributed by atoms with Gasteiger partial charge in [-0.1, -0.05) is 6.92 Å². The van der Waals surface area contributed by atoms with Crippen LogP contribution in [0, 0.1) is 45.3 Å². The smallest absolute Gasteiger partial charge is 0.163 e. The fourth-order valence-corrected chi connectivity index (χ4v) is 6.15. The Morgan fingerprint density at radius 2 is 1.40 bits per heavy atom. The summed E-state index contributed by atoms with van der Waals surface area (Å²) in [7, 11) is 0. The number of thiazole rings is 2. The van der Waals surface area contributed by atoms with Crippen LogP contribution >= 0.6 is 22.7 Å². The van der Waals surface area contributed by atoms with Crippen molar-refractivity contribution in [2.45, 2.75) is 19.4 Å². The van der Waals surface area contributed by atoms with Crippen molar-refractivity contribution >= 4 is 34.8 Å². The molecule has 1 atom stereocenters. The number of aromatic nitrogens is 3. The van der Waals surface area contributed by atoms with E-state index in [9.17, 15) is 0 Å². The fourth-order valence-electron chi connectivity index (χ4n) is 4.52. The molecule has 0 amide bonds. The van der Waals surface area contributed by atoms with Crippen LogP contribution in [0.5, 0.6) is 0 Å². The van der Waals surface area contributed by atoms with E-state index in [1.807, 2.05) is 54.6 Å². The van der Waals surface area contributed by atoms with Crippen LogP contribution in [0.15, 0.2) is 62.7 Å². The van der Waals surface area contributed by atoms with Crippen LogP contribution in [0.3, 0.4) is 0 Å². The maximum Gasteiger partial charge on any atom is 0.163 e. The van der Waals surface area contributed by atoms with Crippen LogP contribution < -0.4 is 0 Å². The molecular weight excluding hydrogens is 543 g/mol. The topological polar surface area (TPSA) is 152 Å². The Kier molecular flexibility index (Phi) is 6.22. The van der Waals surface area contributed by atoms with Crippen molar-refractivity contribution in [3.05, 3.63) is 69.2 Å². The first-order valence-corrected chi connectivity index (χ1v) is 13.5. The predicted molar refractivity (Wildman–Crippen MR) is 149 cm³/mol. The minimum atomic E-state index is 0.0176. The van der Waals surface area contributed by atoms with Crippen LogP contribution in [-0.2, 0) is 6.54 Å². The molecule has 0 aliphatic carbocycles. The van der Waals surface area contributed by atoms with Gasteiger partial charge in [0.15, 0.2) is 33.1 Å². The molecule has 11 heteroatoms. The minimum absolute atomic E-state index is 0.0176. The summed E-state index contributed by atoms with van der Waals surface area (Å²) < 4.78 is 14.7. The zero-order valence-electron chi connectivity index (χ0n) is 20.7. The summed E-state index contributed by atoms with van der Waals surface area (Å²) in [6.07, 6.45) is 6.26. The van der Waals surface area contributed by atoms with Crippen LogP contribution in [0.2, 0.25) is 0 Å². The molecule has 0 spiro atoms. The van der Waals surface area contributed by atoms with Gasteiger partial charge in [-0.3, -0.25) is 0 Å². The summed E-state index contributed by atoms with van der Waals surface area (Å²) in [6.45, 7) is 2.87. The van der Waals surface area contributed by atoms with Gasteiger partial charge in [-0.15, -0.1) is 22.7 Å². The van der Waals surface area contributed by atoms with E-state index < -0.39 is 0 Å². The van der Waals surface area contributed by atoms with Crippen molar-refractivity contribution in [1.29, 1.82) is 21.0 Å².